The molecule has 2 heterocycles. The number of carbonyl (C=O) groups excluding carboxylic acids is 4. The van der Waals surface area contributed by atoms with Gasteiger partial charge in [-0.25, -0.2) is 19.5 Å². The highest BCUT2D eigenvalue weighted by atomic mass is 32.2. The molecule has 6 rings (SSSR count). The minimum absolute atomic E-state index is 0.0516. The molecule has 1 atom stereocenters. The van der Waals surface area contributed by atoms with E-state index < -0.39 is 35.6 Å². The van der Waals surface area contributed by atoms with Gasteiger partial charge in [-0.3, -0.25) is 14.4 Å². The van der Waals surface area contributed by atoms with Crippen molar-refractivity contribution in [2.75, 3.05) is 11.5 Å². The van der Waals surface area contributed by atoms with Crippen LogP contribution in [0.1, 0.15) is 48.6 Å². The molecule has 42 heavy (non-hydrogen) atoms. The summed E-state index contributed by atoms with van der Waals surface area (Å²) < 4.78 is 5.25. The van der Waals surface area contributed by atoms with E-state index in [2.05, 4.69) is 17.1 Å². The van der Waals surface area contributed by atoms with E-state index in [9.17, 15) is 29.1 Å². The number of hydrogen-bond acceptors (Lipinski definition) is 8. The second-order valence-corrected chi connectivity index (χ2v) is 11.0. The Labute approximate surface area is 244 Å². The molecule has 10 heteroatoms. The third-order valence-corrected chi connectivity index (χ3v) is 8.37. The maximum absolute atomic E-state index is 13.0. The first-order valence-electron chi connectivity index (χ1n) is 13.0. The lowest BCUT2D eigenvalue weighted by Crippen LogP contribution is -2.31. The average Bonchev–Trinajstić information content (AvgIpc) is 3.51. The molecule has 1 aliphatic carbocycles. The van der Waals surface area contributed by atoms with Gasteiger partial charge in [0.05, 0.1) is 22.1 Å². The lowest BCUT2D eigenvalue weighted by molar-refractivity contribution is -0.121. The highest BCUT2D eigenvalue weighted by Gasteiger charge is 2.41. The molecule has 3 aromatic carbocycles. The Balaban J connectivity index is 1.08. The fourth-order valence-electron chi connectivity index (χ4n) is 5.11. The fourth-order valence-corrected chi connectivity index (χ4v) is 6.22. The van der Waals surface area contributed by atoms with Crippen LogP contribution in [0.15, 0.2) is 90.1 Å². The first kappa shape index (κ1) is 27.1. The number of anilines is 1. The maximum Gasteiger partial charge on any atom is 0.338 e. The number of imide groups is 1. The molecule has 4 aromatic rings. The summed E-state index contributed by atoms with van der Waals surface area (Å²) in [5.74, 6) is -3.18. The summed E-state index contributed by atoms with van der Waals surface area (Å²) in [4.78, 5) is 67.7. The number of Topliss-reactive ketones (excluding diaryl/α,β-unsaturated/α-hetero) is 1. The topological polar surface area (TPSA) is 131 Å². The largest absolute Gasteiger partial charge is 0.478 e. The van der Waals surface area contributed by atoms with Gasteiger partial charge >= 0.3 is 11.9 Å². The van der Waals surface area contributed by atoms with E-state index in [1.54, 1.807) is 6.07 Å². The number of rotatable bonds is 8. The number of carboxylic acids is 1. The summed E-state index contributed by atoms with van der Waals surface area (Å²) >= 11 is 0.925. The molecule has 1 aromatic heterocycles. The number of benzene rings is 3. The molecule has 9 nitrogen and oxygen atoms in total. The molecule has 1 aliphatic heterocycles. The first-order valence-corrected chi connectivity index (χ1v) is 13.9. The molecule has 208 valence electrons. The molecule has 1 unspecified atom stereocenters. The highest BCUT2D eigenvalue weighted by molar-refractivity contribution is 8.00. The van der Waals surface area contributed by atoms with Crippen molar-refractivity contribution >= 4 is 47.0 Å². The zero-order chi connectivity index (χ0) is 29.4. The molecule has 2 amide bonds. The number of carbonyl (C=O) groups is 5. The summed E-state index contributed by atoms with van der Waals surface area (Å²) in [7, 11) is 0. The van der Waals surface area contributed by atoms with Gasteiger partial charge in [-0.2, -0.15) is 0 Å². The summed E-state index contributed by atoms with van der Waals surface area (Å²) in [6.07, 6.45) is 2.04. The van der Waals surface area contributed by atoms with Crippen LogP contribution >= 0.6 is 11.8 Å². The number of fused-ring (bicyclic) bond motifs is 3. The molecule has 0 saturated carbocycles. The van der Waals surface area contributed by atoms with Crippen molar-refractivity contribution in [1.29, 1.82) is 0 Å². The van der Waals surface area contributed by atoms with Crippen molar-refractivity contribution in [3.63, 3.8) is 0 Å². The molecular formula is C32H22N2O7S. The minimum Gasteiger partial charge on any atom is -0.478 e. The van der Waals surface area contributed by atoms with Gasteiger partial charge in [-0.05, 0) is 71.1 Å². The summed E-state index contributed by atoms with van der Waals surface area (Å²) in [6.45, 7) is -0.430. The Hall–Kier alpha value is -5.09. The van der Waals surface area contributed by atoms with E-state index in [-0.39, 0.29) is 34.0 Å². The van der Waals surface area contributed by atoms with Gasteiger partial charge in [0.15, 0.2) is 12.4 Å². The van der Waals surface area contributed by atoms with Crippen LogP contribution in [0.2, 0.25) is 0 Å². The average molecular weight is 579 g/mol. The van der Waals surface area contributed by atoms with Crippen LogP contribution in [-0.4, -0.2) is 51.5 Å². The molecular weight excluding hydrogens is 556 g/mol. The van der Waals surface area contributed by atoms with Crippen molar-refractivity contribution in [3.05, 3.63) is 113 Å². The summed E-state index contributed by atoms with van der Waals surface area (Å²) in [5, 5.41) is 8.69. The van der Waals surface area contributed by atoms with Crippen LogP contribution in [0.5, 0.6) is 0 Å². The van der Waals surface area contributed by atoms with E-state index in [1.165, 1.54) is 48.2 Å². The predicted octanol–water partition coefficient (Wildman–Crippen LogP) is 4.81. The van der Waals surface area contributed by atoms with E-state index in [0.717, 1.165) is 39.8 Å². The highest BCUT2D eigenvalue weighted by Crippen LogP contribution is 2.37. The second kappa shape index (κ2) is 11.1. The number of aromatic nitrogens is 1. The Morgan fingerprint density at radius 2 is 1.64 bits per heavy atom. The van der Waals surface area contributed by atoms with Gasteiger partial charge in [0.1, 0.15) is 5.03 Å². The van der Waals surface area contributed by atoms with Crippen LogP contribution in [0.25, 0.3) is 11.1 Å². The van der Waals surface area contributed by atoms with Crippen LogP contribution < -0.4 is 4.90 Å². The van der Waals surface area contributed by atoms with Gasteiger partial charge in [0.25, 0.3) is 0 Å². The quantitative estimate of drug-likeness (QED) is 0.156. The zero-order valence-electron chi connectivity index (χ0n) is 22.0. The molecule has 1 saturated heterocycles. The Bertz CT molecular complexity index is 1780. The Kier molecular flexibility index (Phi) is 7.13. The summed E-state index contributed by atoms with van der Waals surface area (Å²) in [5.41, 5.74) is 5.35. The number of amides is 2. The fraction of sp³-hybridized carbons (Fsp3) is 0.125. The van der Waals surface area contributed by atoms with Gasteiger partial charge in [-0.15, -0.1) is 0 Å². The minimum atomic E-state index is -1.18. The van der Waals surface area contributed by atoms with E-state index in [0.29, 0.717) is 5.56 Å². The smallest absolute Gasteiger partial charge is 0.338 e. The number of thioether (sulfide) groups is 1. The van der Waals surface area contributed by atoms with Crippen molar-refractivity contribution < 1.29 is 33.8 Å². The van der Waals surface area contributed by atoms with Gasteiger partial charge in [0.2, 0.25) is 11.8 Å². The normalized spacial score (nSPS) is 15.3. The van der Waals surface area contributed by atoms with Crippen LogP contribution in [-0.2, 0) is 20.7 Å². The molecule has 2 aliphatic rings. The van der Waals surface area contributed by atoms with Gasteiger partial charge in [-0.1, -0.05) is 48.2 Å². The lowest BCUT2D eigenvalue weighted by Gasteiger charge is -2.15. The summed E-state index contributed by atoms with van der Waals surface area (Å²) in [6, 6.07) is 22.2. The van der Waals surface area contributed by atoms with E-state index >= 15 is 0 Å². The Morgan fingerprint density at radius 3 is 2.43 bits per heavy atom. The van der Waals surface area contributed by atoms with E-state index in [1.807, 2.05) is 24.3 Å². The van der Waals surface area contributed by atoms with Crippen LogP contribution in [0.4, 0.5) is 5.69 Å². The van der Waals surface area contributed by atoms with Crippen LogP contribution in [0, 0.1) is 0 Å². The second-order valence-electron chi connectivity index (χ2n) is 9.79. The predicted molar refractivity (Wildman–Crippen MR) is 154 cm³/mol. The third kappa shape index (κ3) is 5.08. The standard InChI is InChI=1S/C32H22N2O7S/c35-26(20-9-12-24-21(15-20)14-19-4-1-2-5-23(19)24)17-41-32(40)18-7-10-22(11-8-18)34-28(36)16-27(30(34)37)42-29-25(31(38)39)6-3-13-33-29/h1-13,15,27H,14,16-17H2,(H,38,39). The third-order valence-electron chi connectivity index (χ3n) is 7.17. The molecule has 0 radical (unpaired) electrons. The molecule has 0 bridgehead atoms. The monoisotopic (exact) mass is 578 g/mol. The molecule has 0 spiro atoms. The van der Waals surface area contributed by atoms with Crippen LogP contribution in [0.3, 0.4) is 0 Å². The van der Waals surface area contributed by atoms with Crippen molar-refractivity contribution in [1.82, 2.24) is 4.98 Å². The van der Waals surface area contributed by atoms with Crippen molar-refractivity contribution in [3.8, 4) is 11.1 Å². The molecule has 1 fully saturated rings. The number of pyridine rings is 1. The van der Waals surface area contributed by atoms with Crippen molar-refractivity contribution in [2.24, 2.45) is 0 Å². The zero-order valence-corrected chi connectivity index (χ0v) is 22.8. The number of carboxylic acid groups (broad SMARTS) is 1. The number of ether oxygens (including phenoxy) is 1. The number of esters is 1. The van der Waals surface area contributed by atoms with Gasteiger partial charge in [0, 0.05) is 18.2 Å². The Morgan fingerprint density at radius 1 is 0.905 bits per heavy atom. The van der Waals surface area contributed by atoms with Crippen molar-refractivity contribution in [2.45, 2.75) is 23.1 Å². The number of nitrogens with zero attached hydrogens (tertiary/aromatic N) is 2. The first-order chi connectivity index (χ1) is 20.3. The SMILES string of the molecule is O=C(COC(=O)c1ccc(N2C(=O)CC(Sc3ncccc3C(=O)O)C2=O)cc1)c1ccc2c(c1)Cc1ccccc1-2. The number of ketones is 1. The lowest BCUT2D eigenvalue weighted by atomic mass is 10.0. The number of aromatic carboxylic acids is 1. The molecule has 1 N–H and O–H groups in total. The van der Waals surface area contributed by atoms with E-state index in [4.69, 9.17) is 4.74 Å². The van der Waals surface area contributed by atoms with Gasteiger partial charge < -0.3 is 9.84 Å². The number of hydrogen-bond donors (Lipinski definition) is 1. The maximum atomic E-state index is 13.0.